The van der Waals surface area contributed by atoms with Crippen molar-refractivity contribution in [1.29, 1.82) is 0 Å². The molecule has 0 bridgehead atoms. The van der Waals surface area contributed by atoms with Crippen LogP contribution in [0.5, 0.6) is 0 Å². The maximum atomic E-state index is 13.3. The van der Waals surface area contributed by atoms with E-state index in [4.69, 9.17) is 0 Å². The van der Waals surface area contributed by atoms with Gasteiger partial charge in [-0.2, -0.15) is 0 Å². The molecule has 0 radical (unpaired) electrons. The number of allylic oxidation sites excluding steroid dienone is 2. The fraction of sp³-hybridized carbons (Fsp3) is 0.231. The molecule has 0 saturated heterocycles. The van der Waals surface area contributed by atoms with Crippen molar-refractivity contribution in [1.82, 2.24) is 0 Å². The summed E-state index contributed by atoms with van der Waals surface area (Å²) in [6.07, 6.45) is 5.43. The third-order valence-electron chi connectivity index (χ3n) is 2.69. The van der Waals surface area contributed by atoms with Crippen LogP contribution in [0.25, 0.3) is 11.3 Å². The molecule has 1 aliphatic rings. The molecule has 2 rings (SSSR count). The third-order valence-corrected chi connectivity index (χ3v) is 2.69. The molecular formula is C13H13FO. The zero-order chi connectivity index (χ0) is 10.8. The maximum absolute atomic E-state index is 13.3. The van der Waals surface area contributed by atoms with Crippen molar-refractivity contribution in [3.63, 3.8) is 0 Å². The minimum absolute atomic E-state index is 0.195. The molecule has 15 heavy (non-hydrogen) atoms. The molecular weight excluding hydrogens is 191 g/mol. The van der Waals surface area contributed by atoms with Gasteiger partial charge in [-0.3, -0.25) is 0 Å². The summed E-state index contributed by atoms with van der Waals surface area (Å²) < 4.78 is 13.3. The van der Waals surface area contributed by atoms with E-state index < -0.39 is 5.82 Å². The first-order valence-corrected chi connectivity index (χ1v) is 5.05. The molecule has 0 unspecified atom stereocenters. The van der Waals surface area contributed by atoms with Crippen molar-refractivity contribution in [3.8, 4) is 0 Å². The molecule has 1 aromatic carbocycles. The van der Waals surface area contributed by atoms with Crippen LogP contribution in [-0.2, 0) is 0 Å². The Kier molecular flexibility index (Phi) is 2.58. The quantitative estimate of drug-likeness (QED) is 0.724. The molecule has 0 spiro atoms. The lowest BCUT2D eigenvalue weighted by Gasteiger charge is -2.06. The minimum Gasteiger partial charge on any atom is -0.508 e. The molecule has 0 heterocycles. The van der Waals surface area contributed by atoms with E-state index in [2.05, 4.69) is 12.7 Å². The maximum Gasteiger partial charge on any atom is 0.134 e. The van der Waals surface area contributed by atoms with Gasteiger partial charge in [0.15, 0.2) is 0 Å². The smallest absolute Gasteiger partial charge is 0.134 e. The number of halogens is 1. The number of aliphatic hydroxyl groups is 1. The van der Waals surface area contributed by atoms with Gasteiger partial charge in [0.25, 0.3) is 0 Å². The van der Waals surface area contributed by atoms with Crippen LogP contribution >= 0.6 is 0 Å². The second-order valence-corrected chi connectivity index (χ2v) is 3.76. The van der Waals surface area contributed by atoms with Crippen molar-refractivity contribution in [2.75, 3.05) is 0 Å². The summed E-state index contributed by atoms with van der Waals surface area (Å²) in [7, 11) is 0. The van der Waals surface area contributed by atoms with E-state index in [9.17, 15) is 9.50 Å². The number of aliphatic hydroxyl groups excluding tert-OH is 1. The molecule has 0 saturated carbocycles. The lowest BCUT2D eigenvalue weighted by atomic mass is 10.0. The summed E-state index contributed by atoms with van der Waals surface area (Å²) in [5, 5.41) is 9.22. The molecule has 0 atom stereocenters. The van der Waals surface area contributed by atoms with Gasteiger partial charge < -0.3 is 5.11 Å². The fourth-order valence-corrected chi connectivity index (χ4v) is 1.88. The van der Waals surface area contributed by atoms with E-state index in [0.29, 0.717) is 0 Å². The molecule has 1 aromatic rings. The second kappa shape index (κ2) is 3.89. The Bertz CT molecular complexity index is 432. The van der Waals surface area contributed by atoms with Crippen LogP contribution in [-0.4, -0.2) is 5.11 Å². The van der Waals surface area contributed by atoms with Gasteiger partial charge in [-0.25, -0.2) is 4.39 Å². The first kappa shape index (κ1) is 9.97. The average molecular weight is 204 g/mol. The van der Waals surface area contributed by atoms with Gasteiger partial charge in [0.1, 0.15) is 11.6 Å². The molecule has 0 amide bonds. The van der Waals surface area contributed by atoms with E-state index in [1.165, 1.54) is 11.6 Å². The lowest BCUT2D eigenvalue weighted by Crippen LogP contribution is -1.91. The Labute approximate surface area is 88.6 Å². The van der Waals surface area contributed by atoms with E-state index in [1.807, 2.05) is 0 Å². The highest BCUT2D eigenvalue weighted by Crippen LogP contribution is 2.29. The number of rotatable bonds is 2. The highest BCUT2D eigenvalue weighted by atomic mass is 19.1. The molecule has 1 aliphatic carbocycles. The Morgan fingerprint density at radius 1 is 1.40 bits per heavy atom. The predicted octanol–water partition coefficient (Wildman–Crippen LogP) is 3.92. The first-order chi connectivity index (χ1) is 7.18. The third kappa shape index (κ3) is 1.94. The Morgan fingerprint density at radius 3 is 2.80 bits per heavy atom. The Hall–Kier alpha value is -1.57. The molecule has 2 heteroatoms. The first-order valence-electron chi connectivity index (χ1n) is 5.05. The summed E-state index contributed by atoms with van der Waals surface area (Å²) >= 11 is 0. The van der Waals surface area contributed by atoms with E-state index in [-0.39, 0.29) is 11.3 Å². The van der Waals surface area contributed by atoms with Crippen LogP contribution in [0, 0.1) is 5.82 Å². The van der Waals surface area contributed by atoms with Crippen molar-refractivity contribution in [2.24, 2.45) is 0 Å². The summed E-state index contributed by atoms with van der Waals surface area (Å²) in [6, 6.07) is 4.79. The van der Waals surface area contributed by atoms with Crippen LogP contribution < -0.4 is 0 Å². The second-order valence-electron chi connectivity index (χ2n) is 3.76. The molecule has 0 aromatic heterocycles. The number of hydrogen-bond acceptors (Lipinski definition) is 1. The van der Waals surface area contributed by atoms with Gasteiger partial charge in [-0.1, -0.05) is 18.7 Å². The Balaban J connectivity index is 2.42. The SMILES string of the molecule is C=C(O)c1cc(C2=CCCC2)ccc1F. The van der Waals surface area contributed by atoms with Crippen molar-refractivity contribution >= 4 is 11.3 Å². The van der Waals surface area contributed by atoms with Crippen molar-refractivity contribution in [2.45, 2.75) is 19.3 Å². The predicted molar refractivity (Wildman–Crippen MR) is 59.9 cm³/mol. The molecule has 1 nitrogen and oxygen atoms in total. The number of hydrogen-bond donors (Lipinski definition) is 1. The summed E-state index contributed by atoms with van der Waals surface area (Å²) in [5.41, 5.74) is 2.41. The normalized spacial score (nSPS) is 15.1. The Morgan fingerprint density at radius 2 is 2.20 bits per heavy atom. The van der Waals surface area contributed by atoms with Gasteiger partial charge in [0.2, 0.25) is 0 Å². The van der Waals surface area contributed by atoms with Crippen molar-refractivity contribution in [3.05, 3.63) is 47.8 Å². The van der Waals surface area contributed by atoms with Gasteiger partial charge in [-0.05, 0) is 42.5 Å². The summed E-state index contributed by atoms with van der Waals surface area (Å²) in [5.74, 6) is -0.641. The average Bonchev–Trinajstić information content (AvgIpc) is 2.71. The zero-order valence-electron chi connectivity index (χ0n) is 8.46. The van der Waals surface area contributed by atoms with Gasteiger partial charge >= 0.3 is 0 Å². The lowest BCUT2D eigenvalue weighted by molar-refractivity contribution is 0.504. The summed E-state index contributed by atoms with van der Waals surface area (Å²) in [6.45, 7) is 3.35. The largest absolute Gasteiger partial charge is 0.508 e. The van der Waals surface area contributed by atoms with Crippen LogP contribution in [0.15, 0.2) is 30.9 Å². The molecule has 78 valence electrons. The van der Waals surface area contributed by atoms with Crippen LogP contribution in [0.2, 0.25) is 0 Å². The molecule has 1 N–H and O–H groups in total. The van der Waals surface area contributed by atoms with Crippen LogP contribution in [0.4, 0.5) is 4.39 Å². The topological polar surface area (TPSA) is 20.2 Å². The highest BCUT2D eigenvalue weighted by molar-refractivity contribution is 5.70. The van der Waals surface area contributed by atoms with Crippen LogP contribution in [0.1, 0.15) is 30.4 Å². The molecule has 0 fully saturated rings. The number of benzene rings is 1. The highest BCUT2D eigenvalue weighted by Gasteiger charge is 2.11. The van der Waals surface area contributed by atoms with E-state index in [0.717, 1.165) is 24.8 Å². The van der Waals surface area contributed by atoms with Gasteiger partial charge in [0, 0.05) is 0 Å². The van der Waals surface area contributed by atoms with Crippen molar-refractivity contribution < 1.29 is 9.50 Å². The van der Waals surface area contributed by atoms with E-state index >= 15 is 0 Å². The molecule has 0 aliphatic heterocycles. The van der Waals surface area contributed by atoms with Gasteiger partial charge in [0.05, 0.1) is 5.56 Å². The van der Waals surface area contributed by atoms with Crippen LogP contribution in [0.3, 0.4) is 0 Å². The standard InChI is InChI=1S/C13H13FO/c1-9(15)12-8-11(6-7-13(12)14)10-4-2-3-5-10/h4,6-8,15H,1-3,5H2. The van der Waals surface area contributed by atoms with E-state index in [1.54, 1.807) is 12.1 Å². The zero-order valence-corrected chi connectivity index (χ0v) is 8.46. The summed E-state index contributed by atoms with van der Waals surface area (Å²) in [4.78, 5) is 0. The fourth-order valence-electron chi connectivity index (χ4n) is 1.88. The van der Waals surface area contributed by atoms with Gasteiger partial charge in [-0.15, -0.1) is 0 Å². The minimum atomic E-state index is -0.426. The monoisotopic (exact) mass is 204 g/mol.